The Kier molecular flexibility index (Phi) is 10.9. The Balaban J connectivity index is 0.00000392. The van der Waals surface area contributed by atoms with E-state index in [2.05, 4.69) is 10.6 Å². The Labute approximate surface area is 173 Å². The van der Waals surface area contributed by atoms with Crippen LogP contribution in [0.2, 0.25) is 0 Å². The van der Waals surface area contributed by atoms with Gasteiger partial charge in [-0.3, -0.25) is 4.79 Å². The third kappa shape index (κ3) is 6.98. The molecule has 0 spiro atoms. The lowest BCUT2D eigenvalue weighted by Crippen LogP contribution is -2.45. The number of benzene rings is 1. The molecule has 2 N–H and O–H groups in total. The van der Waals surface area contributed by atoms with Gasteiger partial charge in [0.05, 0.1) is 18.1 Å². The second-order valence-corrected chi connectivity index (χ2v) is 8.37. The van der Waals surface area contributed by atoms with Crippen LogP contribution in [0.15, 0.2) is 29.2 Å². The summed E-state index contributed by atoms with van der Waals surface area (Å²) in [5.74, 6) is -0.191. The lowest BCUT2D eigenvalue weighted by atomic mass is 10.1. The Bertz CT molecular complexity index is 686. The topological polar surface area (TPSA) is 97.0 Å². The fourth-order valence-corrected chi connectivity index (χ4v) is 4.32. The van der Waals surface area contributed by atoms with Crippen molar-refractivity contribution in [2.45, 2.75) is 23.8 Å². The van der Waals surface area contributed by atoms with Crippen LogP contribution in [0.3, 0.4) is 0 Å². The number of carbonyl (C=O) groups excluding carboxylic acids is 1. The largest absolute Gasteiger partial charge is 0.383 e. The number of sulfonamides is 1. The van der Waals surface area contributed by atoms with Gasteiger partial charge < -0.3 is 20.1 Å². The summed E-state index contributed by atoms with van der Waals surface area (Å²) in [5, 5.41) is 6.22. The fraction of sp³-hybridized carbons (Fsp3) is 0.611. The molecule has 0 radical (unpaired) electrons. The van der Waals surface area contributed by atoms with Crippen molar-refractivity contribution in [2.75, 3.05) is 53.6 Å². The van der Waals surface area contributed by atoms with Gasteiger partial charge in [0.1, 0.15) is 0 Å². The van der Waals surface area contributed by atoms with Gasteiger partial charge in [-0.15, -0.1) is 12.4 Å². The summed E-state index contributed by atoms with van der Waals surface area (Å²) >= 11 is 0. The molecule has 0 bridgehead atoms. The standard InChI is InChI=1S/C18H29N3O5S.ClH/c1-25-12-10-21(11-13-26-2)27(23,24)17-7-5-15(6-8-17)18(22)20-16-4-3-9-19-14-16;/h5-8,16,19H,3-4,9-14H2,1-2H3,(H,20,22);1H. The van der Waals surface area contributed by atoms with E-state index in [4.69, 9.17) is 9.47 Å². The summed E-state index contributed by atoms with van der Waals surface area (Å²) in [6, 6.07) is 6.13. The van der Waals surface area contributed by atoms with Crippen molar-refractivity contribution in [1.29, 1.82) is 0 Å². The van der Waals surface area contributed by atoms with Gasteiger partial charge in [0.15, 0.2) is 0 Å². The summed E-state index contributed by atoms with van der Waals surface area (Å²) in [6.45, 7) is 2.78. The van der Waals surface area contributed by atoms with E-state index in [9.17, 15) is 13.2 Å². The molecule has 0 saturated carbocycles. The molecule has 8 nitrogen and oxygen atoms in total. The van der Waals surface area contributed by atoms with E-state index >= 15 is 0 Å². The van der Waals surface area contributed by atoms with Gasteiger partial charge in [0.25, 0.3) is 5.91 Å². The first-order valence-corrected chi connectivity index (χ1v) is 10.5. The Morgan fingerprint density at radius 1 is 1.18 bits per heavy atom. The predicted molar refractivity (Wildman–Crippen MR) is 110 cm³/mol. The van der Waals surface area contributed by atoms with E-state index in [1.54, 1.807) is 12.1 Å². The molecule has 1 unspecified atom stereocenters. The number of hydrogen-bond acceptors (Lipinski definition) is 6. The zero-order chi connectivity index (χ0) is 19.7. The highest BCUT2D eigenvalue weighted by atomic mass is 35.5. The molecule has 0 aromatic heterocycles. The van der Waals surface area contributed by atoms with Gasteiger partial charge in [-0.25, -0.2) is 8.42 Å². The molecule has 1 amide bonds. The average Bonchev–Trinajstić information content (AvgIpc) is 2.68. The van der Waals surface area contributed by atoms with E-state index in [1.165, 1.54) is 30.7 Å². The highest BCUT2D eigenvalue weighted by Crippen LogP contribution is 2.17. The minimum Gasteiger partial charge on any atom is -0.383 e. The number of halogens is 1. The van der Waals surface area contributed by atoms with Crippen LogP contribution in [-0.2, 0) is 19.5 Å². The van der Waals surface area contributed by atoms with Crippen molar-refractivity contribution < 1.29 is 22.7 Å². The van der Waals surface area contributed by atoms with Crippen LogP contribution in [0.25, 0.3) is 0 Å². The molecule has 1 atom stereocenters. The number of ether oxygens (including phenoxy) is 2. The number of piperidine rings is 1. The second-order valence-electron chi connectivity index (χ2n) is 6.43. The van der Waals surface area contributed by atoms with E-state index in [1.807, 2.05) is 0 Å². The highest BCUT2D eigenvalue weighted by Gasteiger charge is 2.24. The number of hydrogen-bond donors (Lipinski definition) is 2. The Morgan fingerprint density at radius 3 is 2.29 bits per heavy atom. The summed E-state index contributed by atoms with van der Waals surface area (Å²) in [6.07, 6.45) is 1.97. The van der Waals surface area contributed by atoms with Crippen LogP contribution in [0, 0.1) is 0 Å². The first kappa shape index (κ1) is 24.8. The predicted octanol–water partition coefficient (Wildman–Crippen LogP) is 0.874. The van der Waals surface area contributed by atoms with Crippen molar-refractivity contribution in [3.05, 3.63) is 29.8 Å². The average molecular weight is 436 g/mol. The zero-order valence-electron chi connectivity index (χ0n) is 16.3. The fourth-order valence-electron chi connectivity index (χ4n) is 2.91. The van der Waals surface area contributed by atoms with Crippen LogP contribution in [0.4, 0.5) is 0 Å². The van der Waals surface area contributed by atoms with Gasteiger partial charge in [-0.2, -0.15) is 4.31 Å². The van der Waals surface area contributed by atoms with Crippen LogP contribution >= 0.6 is 12.4 Å². The third-order valence-corrected chi connectivity index (χ3v) is 6.39. The number of methoxy groups -OCH3 is 2. The maximum Gasteiger partial charge on any atom is 0.251 e. The van der Waals surface area contributed by atoms with Gasteiger partial charge in [-0.05, 0) is 43.7 Å². The summed E-state index contributed by atoms with van der Waals surface area (Å²) in [5.41, 5.74) is 0.444. The van der Waals surface area contributed by atoms with E-state index in [-0.39, 0.29) is 42.3 Å². The maximum atomic E-state index is 12.8. The molecule has 1 aromatic carbocycles. The molecule has 1 heterocycles. The molecule has 1 aliphatic rings. The summed E-state index contributed by atoms with van der Waals surface area (Å²) in [7, 11) is -0.635. The van der Waals surface area contributed by atoms with Gasteiger partial charge in [0.2, 0.25) is 10.0 Å². The molecule has 160 valence electrons. The number of carbonyl (C=O) groups is 1. The lowest BCUT2D eigenvalue weighted by Gasteiger charge is -2.24. The number of nitrogens with zero attached hydrogens (tertiary/aromatic N) is 1. The summed E-state index contributed by atoms with van der Waals surface area (Å²) < 4.78 is 37.0. The molecule has 1 fully saturated rings. The van der Waals surface area contributed by atoms with Crippen molar-refractivity contribution in [2.24, 2.45) is 0 Å². The van der Waals surface area contributed by atoms with Crippen molar-refractivity contribution >= 4 is 28.3 Å². The van der Waals surface area contributed by atoms with Crippen molar-refractivity contribution in [1.82, 2.24) is 14.9 Å². The normalized spacial score (nSPS) is 17.2. The van der Waals surface area contributed by atoms with Crippen LogP contribution in [0.1, 0.15) is 23.2 Å². The SMILES string of the molecule is COCCN(CCOC)S(=O)(=O)c1ccc(C(=O)NC2CCCNC2)cc1.Cl. The van der Waals surface area contributed by atoms with Crippen molar-refractivity contribution in [3.8, 4) is 0 Å². The highest BCUT2D eigenvalue weighted by molar-refractivity contribution is 7.89. The quantitative estimate of drug-likeness (QED) is 0.566. The molecule has 1 aromatic rings. The van der Waals surface area contributed by atoms with Crippen LogP contribution < -0.4 is 10.6 Å². The molecule has 1 saturated heterocycles. The van der Waals surface area contributed by atoms with Gasteiger partial charge in [-0.1, -0.05) is 0 Å². The van der Waals surface area contributed by atoms with Crippen molar-refractivity contribution in [3.63, 3.8) is 0 Å². The first-order valence-electron chi connectivity index (χ1n) is 9.08. The lowest BCUT2D eigenvalue weighted by molar-refractivity contribution is 0.0930. The number of nitrogens with one attached hydrogen (secondary N) is 2. The minimum absolute atomic E-state index is 0. The monoisotopic (exact) mass is 435 g/mol. The first-order chi connectivity index (χ1) is 13.0. The Hall–Kier alpha value is -1.23. The molecule has 2 rings (SSSR count). The van der Waals surface area contributed by atoms with Gasteiger partial charge in [0, 0.05) is 45.5 Å². The number of rotatable bonds is 10. The van der Waals surface area contributed by atoms with E-state index in [0.717, 1.165) is 25.9 Å². The molecule has 0 aliphatic carbocycles. The minimum atomic E-state index is -3.68. The smallest absolute Gasteiger partial charge is 0.251 e. The third-order valence-electron chi connectivity index (χ3n) is 4.48. The Morgan fingerprint density at radius 2 is 1.79 bits per heavy atom. The van der Waals surface area contributed by atoms with E-state index in [0.29, 0.717) is 18.8 Å². The van der Waals surface area contributed by atoms with Crippen LogP contribution in [0.5, 0.6) is 0 Å². The van der Waals surface area contributed by atoms with Crippen LogP contribution in [-0.4, -0.2) is 78.3 Å². The molecule has 1 aliphatic heterocycles. The maximum absolute atomic E-state index is 12.8. The number of amides is 1. The van der Waals surface area contributed by atoms with E-state index < -0.39 is 10.0 Å². The molecule has 28 heavy (non-hydrogen) atoms. The molecule has 10 heteroatoms. The molecular weight excluding hydrogens is 406 g/mol. The second kappa shape index (κ2) is 12.4. The van der Waals surface area contributed by atoms with Gasteiger partial charge >= 0.3 is 0 Å². The zero-order valence-corrected chi connectivity index (χ0v) is 18.0. The summed E-state index contributed by atoms with van der Waals surface area (Å²) in [4.78, 5) is 12.5. The molecular formula is C18H30ClN3O5S.